The van der Waals surface area contributed by atoms with Gasteiger partial charge < -0.3 is 15.6 Å². The molecule has 0 unspecified atom stereocenters. The van der Waals surface area contributed by atoms with Crippen LogP contribution in [0.4, 0.5) is 5.95 Å². The molecule has 0 aromatic carbocycles. The number of nitrogens with two attached hydrogens (primary N) is 1. The molecule has 0 radical (unpaired) electrons. The summed E-state index contributed by atoms with van der Waals surface area (Å²) in [7, 11) is 0. The number of ether oxygens (including phenoxy) is 1. The molecular weight excluding hydrogens is 212 g/mol. The van der Waals surface area contributed by atoms with Gasteiger partial charge in [-0.2, -0.15) is 20.1 Å². The fourth-order valence-electron chi connectivity index (χ4n) is 1.05. The van der Waals surface area contributed by atoms with Crippen LogP contribution in [-0.2, 0) is 0 Å². The van der Waals surface area contributed by atoms with Crippen LogP contribution < -0.4 is 10.5 Å². The molecule has 2 rings (SSSR count). The number of hydrogen-bond donors (Lipinski definition) is 2. The van der Waals surface area contributed by atoms with Crippen LogP contribution >= 0.6 is 0 Å². The largest absolute Gasteiger partial charge is 0.461 e. The lowest BCUT2D eigenvalue weighted by molar-refractivity contribution is 0.191. The zero-order valence-electron chi connectivity index (χ0n) is 8.32. The van der Waals surface area contributed by atoms with Gasteiger partial charge in [-0.05, 0) is 6.07 Å². The van der Waals surface area contributed by atoms with E-state index < -0.39 is 0 Å². The third-order valence-electron chi connectivity index (χ3n) is 1.65. The molecule has 0 aliphatic rings. The molecule has 3 N–H and O–H groups in total. The number of hydrogen-bond acceptors (Lipinski definition) is 7. The van der Waals surface area contributed by atoms with Crippen molar-refractivity contribution in [1.29, 1.82) is 0 Å². The molecular formula is C8H10N6O2. The van der Waals surface area contributed by atoms with E-state index in [1.54, 1.807) is 18.5 Å². The standard InChI is InChI=1S/C8H10N6O2/c9-6-11-7(14-3-1-2-10-14)13-8(12-6)16-5-4-15/h1-3,15H,4-5H2,(H2,9,11,12,13). The highest BCUT2D eigenvalue weighted by molar-refractivity contribution is 5.24. The van der Waals surface area contributed by atoms with E-state index in [0.29, 0.717) is 0 Å². The first-order valence-corrected chi connectivity index (χ1v) is 4.55. The third-order valence-corrected chi connectivity index (χ3v) is 1.65. The van der Waals surface area contributed by atoms with Crippen LogP contribution in [0, 0.1) is 0 Å². The van der Waals surface area contributed by atoms with Gasteiger partial charge in [0.15, 0.2) is 0 Å². The molecule has 0 spiro atoms. The average molecular weight is 222 g/mol. The van der Waals surface area contributed by atoms with Gasteiger partial charge in [0.05, 0.1) is 6.61 Å². The second-order valence-corrected chi connectivity index (χ2v) is 2.80. The second-order valence-electron chi connectivity index (χ2n) is 2.80. The minimum Gasteiger partial charge on any atom is -0.461 e. The molecule has 0 aliphatic heterocycles. The van der Waals surface area contributed by atoms with Gasteiger partial charge in [-0.25, -0.2) is 4.68 Å². The quantitative estimate of drug-likeness (QED) is 0.683. The van der Waals surface area contributed by atoms with Gasteiger partial charge in [-0.3, -0.25) is 0 Å². The zero-order valence-corrected chi connectivity index (χ0v) is 8.32. The highest BCUT2D eigenvalue weighted by atomic mass is 16.5. The predicted octanol–water partition coefficient (Wildman–Crippen LogP) is -0.989. The maximum atomic E-state index is 8.61. The van der Waals surface area contributed by atoms with E-state index in [0.717, 1.165) is 0 Å². The Morgan fingerprint density at radius 3 is 2.94 bits per heavy atom. The summed E-state index contributed by atoms with van der Waals surface area (Å²) in [5.74, 6) is 0.305. The molecule has 0 aliphatic carbocycles. The molecule has 0 saturated heterocycles. The van der Waals surface area contributed by atoms with Crippen molar-refractivity contribution < 1.29 is 9.84 Å². The minimum absolute atomic E-state index is 0.0356. The number of aromatic nitrogens is 5. The Kier molecular flexibility index (Phi) is 2.92. The Bertz CT molecular complexity index is 458. The van der Waals surface area contributed by atoms with Crippen molar-refractivity contribution >= 4 is 5.95 Å². The first kappa shape index (κ1) is 10.3. The van der Waals surface area contributed by atoms with Gasteiger partial charge in [0.25, 0.3) is 5.95 Å². The van der Waals surface area contributed by atoms with E-state index >= 15 is 0 Å². The molecule has 8 heteroatoms. The Hall–Kier alpha value is -2.22. The second kappa shape index (κ2) is 4.53. The maximum absolute atomic E-state index is 8.61. The van der Waals surface area contributed by atoms with Crippen LogP contribution in [0.15, 0.2) is 18.5 Å². The molecule has 2 aromatic heterocycles. The van der Waals surface area contributed by atoms with Crippen molar-refractivity contribution in [2.24, 2.45) is 0 Å². The summed E-state index contributed by atoms with van der Waals surface area (Å²) < 4.78 is 6.48. The van der Waals surface area contributed by atoms with Gasteiger partial charge >= 0.3 is 6.01 Å². The molecule has 2 heterocycles. The zero-order chi connectivity index (χ0) is 11.4. The van der Waals surface area contributed by atoms with E-state index in [4.69, 9.17) is 15.6 Å². The molecule has 16 heavy (non-hydrogen) atoms. The van der Waals surface area contributed by atoms with Crippen molar-refractivity contribution in [2.75, 3.05) is 18.9 Å². The number of rotatable bonds is 4. The first-order chi connectivity index (χ1) is 7.79. The molecule has 0 bridgehead atoms. The van der Waals surface area contributed by atoms with Crippen LogP contribution in [0.2, 0.25) is 0 Å². The molecule has 2 aromatic rings. The predicted molar refractivity (Wildman–Crippen MR) is 53.9 cm³/mol. The fourth-order valence-corrected chi connectivity index (χ4v) is 1.05. The van der Waals surface area contributed by atoms with E-state index in [9.17, 15) is 0 Å². The fraction of sp³-hybridized carbons (Fsp3) is 0.250. The van der Waals surface area contributed by atoms with Gasteiger partial charge in [0.2, 0.25) is 5.95 Å². The van der Waals surface area contributed by atoms with Crippen molar-refractivity contribution in [3.63, 3.8) is 0 Å². The summed E-state index contributed by atoms with van der Waals surface area (Å²) in [6, 6.07) is 1.79. The van der Waals surface area contributed by atoms with E-state index in [2.05, 4.69) is 20.1 Å². The lowest BCUT2D eigenvalue weighted by atomic mass is 10.7. The number of nitrogen functional groups attached to an aromatic ring is 1. The number of aliphatic hydroxyl groups is 1. The van der Waals surface area contributed by atoms with Crippen LogP contribution in [-0.4, -0.2) is 43.1 Å². The maximum Gasteiger partial charge on any atom is 0.323 e. The van der Waals surface area contributed by atoms with Crippen molar-refractivity contribution in [2.45, 2.75) is 0 Å². The summed E-state index contributed by atoms with van der Waals surface area (Å²) in [5, 5.41) is 12.6. The minimum atomic E-state index is -0.122. The summed E-state index contributed by atoms with van der Waals surface area (Å²) in [6.07, 6.45) is 3.26. The smallest absolute Gasteiger partial charge is 0.323 e. The van der Waals surface area contributed by atoms with Gasteiger partial charge in [0.1, 0.15) is 6.61 Å². The number of anilines is 1. The summed E-state index contributed by atoms with van der Waals surface area (Å²) in [6.45, 7) is -0.0231. The lowest BCUT2D eigenvalue weighted by Crippen LogP contribution is -2.11. The Labute approximate surface area is 90.7 Å². The van der Waals surface area contributed by atoms with E-state index in [1.165, 1.54) is 4.68 Å². The molecule has 0 amide bonds. The Morgan fingerprint density at radius 1 is 1.38 bits per heavy atom. The summed E-state index contributed by atoms with van der Waals surface area (Å²) in [5.41, 5.74) is 5.49. The van der Waals surface area contributed by atoms with Crippen LogP contribution in [0.5, 0.6) is 6.01 Å². The normalized spacial score (nSPS) is 10.3. The topological polar surface area (TPSA) is 112 Å². The highest BCUT2D eigenvalue weighted by Crippen LogP contribution is 2.07. The van der Waals surface area contributed by atoms with Gasteiger partial charge in [-0.1, -0.05) is 0 Å². The van der Waals surface area contributed by atoms with Crippen molar-refractivity contribution in [1.82, 2.24) is 24.7 Å². The van der Waals surface area contributed by atoms with E-state index in [1.807, 2.05) is 0 Å². The van der Waals surface area contributed by atoms with Crippen LogP contribution in [0.25, 0.3) is 5.95 Å². The summed E-state index contributed by atoms with van der Waals surface area (Å²) >= 11 is 0. The van der Waals surface area contributed by atoms with Crippen molar-refractivity contribution in [3.05, 3.63) is 18.5 Å². The van der Waals surface area contributed by atoms with Crippen molar-refractivity contribution in [3.8, 4) is 12.0 Å². The van der Waals surface area contributed by atoms with Crippen LogP contribution in [0.3, 0.4) is 0 Å². The average Bonchev–Trinajstić information content (AvgIpc) is 2.79. The summed E-state index contributed by atoms with van der Waals surface area (Å²) in [4.78, 5) is 11.6. The molecule has 0 atom stereocenters. The number of nitrogens with zero attached hydrogens (tertiary/aromatic N) is 5. The van der Waals surface area contributed by atoms with Gasteiger partial charge in [-0.15, -0.1) is 0 Å². The molecule has 0 saturated carbocycles. The molecule has 84 valence electrons. The SMILES string of the molecule is Nc1nc(OCCO)nc(-n2cccn2)n1. The third kappa shape index (κ3) is 2.23. The monoisotopic (exact) mass is 222 g/mol. The first-order valence-electron chi connectivity index (χ1n) is 4.55. The van der Waals surface area contributed by atoms with E-state index in [-0.39, 0.29) is 31.1 Å². The Balaban J connectivity index is 2.29. The van der Waals surface area contributed by atoms with Gasteiger partial charge in [0, 0.05) is 12.4 Å². The number of aliphatic hydroxyl groups excluding tert-OH is 1. The highest BCUT2D eigenvalue weighted by Gasteiger charge is 2.06. The lowest BCUT2D eigenvalue weighted by Gasteiger charge is -2.04. The van der Waals surface area contributed by atoms with Crippen LogP contribution in [0.1, 0.15) is 0 Å². The molecule has 8 nitrogen and oxygen atoms in total. The molecule has 0 fully saturated rings. The Morgan fingerprint density at radius 2 is 2.25 bits per heavy atom.